The number of halogens is 1. The summed E-state index contributed by atoms with van der Waals surface area (Å²) in [4.78, 5) is 3.02. The second-order valence-corrected chi connectivity index (χ2v) is 2.10. The molecule has 1 nitrogen and oxygen atoms in total. The third kappa shape index (κ3) is 1.04. The highest BCUT2D eigenvalue weighted by atomic mass is 35.5. The Hall–Kier alpha value is -0.430. The first kappa shape index (κ1) is 5.70. The van der Waals surface area contributed by atoms with Gasteiger partial charge in [-0.1, -0.05) is 0 Å². The van der Waals surface area contributed by atoms with E-state index in [1.54, 1.807) is 0 Å². The van der Waals surface area contributed by atoms with Gasteiger partial charge in [0.1, 0.15) is 0 Å². The summed E-state index contributed by atoms with van der Waals surface area (Å²) in [6.45, 7) is 2.03. The van der Waals surface area contributed by atoms with E-state index in [9.17, 15) is 0 Å². The molecule has 0 spiro atoms. The summed E-state index contributed by atoms with van der Waals surface area (Å²) in [5, 5.41) is 0. The van der Waals surface area contributed by atoms with Crippen LogP contribution in [0, 0.1) is 6.92 Å². The number of aromatic nitrogens is 1. The quantitative estimate of drug-likeness (QED) is 0.559. The van der Waals surface area contributed by atoms with E-state index in [0.29, 0.717) is 5.88 Å². The zero-order valence-corrected chi connectivity index (χ0v) is 5.50. The summed E-state index contributed by atoms with van der Waals surface area (Å²) in [6, 6.07) is 2.03. The van der Waals surface area contributed by atoms with E-state index >= 15 is 0 Å². The van der Waals surface area contributed by atoms with Crippen LogP contribution in [0.4, 0.5) is 0 Å². The van der Waals surface area contributed by atoms with Gasteiger partial charge in [0.05, 0.1) is 5.88 Å². The van der Waals surface area contributed by atoms with Crippen molar-refractivity contribution in [1.82, 2.24) is 4.98 Å². The van der Waals surface area contributed by atoms with Crippen molar-refractivity contribution >= 4 is 11.6 Å². The maximum Gasteiger partial charge on any atom is 0.0625 e. The molecule has 0 aliphatic rings. The molecular formula is C6H8ClN. The molecule has 0 saturated heterocycles. The molecule has 8 heavy (non-hydrogen) atoms. The van der Waals surface area contributed by atoms with E-state index in [2.05, 4.69) is 4.98 Å². The second kappa shape index (κ2) is 2.23. The first-order valence-corrected chi connectivity index (χ1v) is 3.06. The van der Waals surface area contributed by atoms with Crippen molar-refractivity contribution in [1.29, 1.82) is 0 Å². The molecule has 0 radical (unpaired) electrons. The molecule has 0 aromatic carbocycles. The Morgan fingerprint density at radius 3 is 2.75 bits per heavy atom. The van der Waals surface area contributed by atoms with Crippen LogP contribution in [-0.2, 0) is 5.88 Å². The second-order valence-electron chi connectivity index (χ2n) is 1.84. The van der Waals surface area contributed by atoms with Gasteiger partial charge in [0, 0.05) is 11.9 Å². The Bertz CT molecular complexity index is 169. The highest BCUT2D eigenvalue weighted by molar-refractivity contribution is 6.16. The lowest BCUT2D eigenvalue weighted by atomic mass is 10.4. The molecule has 1 aromatic heterocycles. The Kier molecular flexibility index (Phi) is 1.59. The van der Waals surface area contributed by atoms with E-state index in [4.69, 9.17) is 11.6 Å². The van der Waals surface area contributed by atoms with Crippen molar-refractivity contribution < 1.29 is 0 Å². The number of aryl methyl sites for hydroxylation is 1. The van der Waals surface area contributed by atoms with E-state index in [1.165, 1.54) is 5.56 Å². The Labute approximate surface area is 53.7 Å². The summed E-state index contributed by atoms with van der Waals surface area (Å²) in [5.74, 6) is 0.577. The molecule has 0 aliphatic heterocycles. The highest BCUT2D eigenvalue weighted by Crippen LogP contribution is 2.02. The van der Waals surface area contributed by atoms with Gasteiger partial charge in [0.25, 0.3) is 0 Å². The monoisotopic (exact) mass is 129 g/mol. The molecule has 1 N–H and O–H groups in total. The molecular weight excluding hydrogens is 122 g/mol. The zero-order valence-electron chi connectivity index (χ0n) is 4.74. The van der Waals surface area contributed by atoms with Crippen molar-refractivity contribution in [3.8, 4) is 0 Å². The largest absolute Gasteiger partial charge is 0.364 e. The van der Waals surface area contributed by atoms with Crippen molar-refractivity contribution in [3.63, 3.8) is 0 Å². The molecule has 0 unspecified atom stereocenters. The minimum absolute atomic E-state index is 0.577. The van der Waals surface area contributed by atoms with Gasteiger partial charge < -0.3 is 4.98 Å². The van der Waals surface area contributed by atoms with Gasteiger partial charge in [-0.3, -0.25) is 0 Å². The maximum absolute atomic E-state index is 5.51. The number of rotatable bonds is 1. The first-order valence-electron chi connectivity index (χ1n) is 2.53. The first-order chi connectivity index (χ1) is 3.83. The van der Waals surface area contributed by atoms with Gasteiger partial charge in [-0.2, -0.15) is 0 Å². The van der Waals surface area contributed by atoms with Crippen molar-refractivity contribution in [2.45, 2.75) is 12.8 Å². The average molecular weight is 130 g/mol. The maximum atomic E-state index is 5.51. The number of hydrogen-bond donors (Lipinski definition) is 1. The molecule has 0 fully saturated rings. The van der Waals surface area contributed by atoms with Gasteiger partial charge in [0.2, 0.25) is 0 Å². The molecule has 0 atom stereocenters. The fourth-order valence-corrected chi connectivity index (χ4v) is 0.796. The van der Waals surface area contributed by atoms with Crippen molar-refractivity contribution in [3.05, 3.63) is 23.5 Å². The van der Waals surface area contributed by atoms with Crippen LogP contribution in [0.5, 0.6) is 0 Å². The molecule has 1 heterocycles. The van der Waals surface area contributed by atoms with Crippen LogP contribution in [-0.4, -0.2) is 4.98 Å². The van der Waals surface area contributed by atoms with Crippen LogP contribution < -0.4 is 0 Å². The van der Waals surface area contributed by atoms with Crippen LogP contribution in [0.2, 0.25) is 0 Å². The molecule has 1 rings (SSSR count). The SMILES string of the molecule is Cc1c[nH]c(CCl)c1. The number of alkyl halides is 1. The van der Waals surface area contributed by atoms with E-state index in [-0.39, 0.29) is 0 Å². The molecule has 0 saturated carbocycles. The Morgan fingerprint density at radius 1 is 1.75 bits per heavy atom. The van der Waals surface area contributed by atoms with Crippen LogP contribution in [0.25, 0.3) is 0 Å². The lowest BCUT2D eigenvalue weighted by Gasteiger charge is -1.80. The molecule has 1 aromatic rings. The van der Waals surface area contributed by atoms with E-state index < -0.39 is 0 Å². The van der Waals surface area contributed by atoms with Gasteiger partial charge in [0.15, 0.2) is 0 Å². The normalized spacial score (nSPS) is 9.75. The van der Waals surface area contributed by atoms with Crippen LogP contribution in [0.15, 0.2) is 12.3 Å². The summed E-state index contributed by atoms with van der Waals surface area (Å²) in [6.07, 6.45) is 1.94. The Morgan fingerprint density at radius 2 is 2.50 bits per heavy atom. The van der Waals surface area contributed by atoms with Crippen LogP contribution >= 0.6 is 11.6 Å². The minimum atomic E-state index is 0.577. The fraction of sp³-hybridized carbons (Fsp3) is 0.333. The predicted octanol–water partition coefficient (Wildman–Crippen LogP) is 2.06. The van der Waals surface area contributed by atoms with Gasteiger partial charge >= 0.3 is 0 Å². The van der Waals surface area contributed by atoms with Crippen LogP contribution in [0.1, 0.15) is 11.3 Å². The molecule has 0 amide bonds. The molecule has 0 aliphatic carbocycles. The zero-order chi connectivity index (χ0) is 5.98. The van der Waals surface area contributed by atoms with Crippen LogP contribution in [0.3, 0.4) is 0 Å². The topological polar surface area (TPSA) is 15.8 Å². The summed E-state index contributed by atoms with van der Waals surface area (Å²) in [7, 11) is 0. The van der Waals surface area contributed by atoms with E-state index in [1.807, 2.05) is 19.2 Å². The Balaban J connectivity index is 2.84. The van der Waals surface area contributed by atoms with Gasteiger partial charge in [-0.25, -0.2) is 0 Å². The average Bonchev–Trinajstić information content (AvgIpc) is 2.14. The third-order valence-electron chi connectivity index (χ3n) is 1.03. The lowest BCUT2D eigenvalue weighted by molar-refractivity contribution is 1.23. The summed E-state index contributed by atoms with van der Waals surface area (Å²) in [5.41, 5.74) is 2.32. The number of nitrogens with one attached hydrogen (secondary N) is 1. The van der Waals surface area contributed by atoms with Gasteiger partial charge in [-0.15, -0.1) is 11.6 Å². The van der Waals surface area contributed by atoms with Crippen molar-refractivity contribution in [2.75, 3.05) is 0 Å². The lowest BCUT2D eigenvalue weighted by Crippen LogP contribution is -1.70. The third-order valence-corrected chi connectivity index (χ3v) is 1.32. The summed E-state index contributed by atoms with van der Waals surface area (Å²) >= 11 is 5.51. The van der Waals surface area contributed by atoms with E-state index in [0.717, 1.165) is 5.69 Å². The summed E-state index contributed by atoms with van der Waals surface area (Å²) < 4.78 is 0. The standard InChI is InChI=1S/C6H8ClN/c1-5-2-6(3-7)8-4-5/h2,4,8H,3H2,1H3. The number of hydrogen-bond acceptors (Lipinski definition) is 0. The minimum Gasteiger partial charge on any atom is -0.364 e. The molecule has 2 heteroatoms. The highest BCUT2D eigenvalue weighted by Gasteiger charge is 1.89. The molecule has 0 bridgehead atoms. The predicted molar refractivity (Wildman–Crippen MR) is 35.1 cm³/mol. The van der Waals surface area contributed by atoms with Crippen molar-refractivity contribution in [2.24, 2.45) is 0 Å². The molecule has 44 valence electrons. The fourth-order valence-electron chi connectivity index (χ4n) is 0.642. The number of aromatic amines is 1. The number of H-pyrrole nitrogens is 1. The van der Waals surface area contributed by atoms with Gasteiger partial charge in [-0.05, 0) is 18.6 Å². The smallest absolute Gasteiger partial charge is 0.0625 e.